The Morgan fingerprint density at radius 2 is 0.939 bits per heavy atom. The summed E-state index contributed by atoms with van der Waals surface area (Å²) in [5, 5.41) is 63.8. The third-order valence-electron chi connectivity index (χ3n) is 28.3. The predicted molar refractivity (Wildman–Crippen MR) is 490 cm³/mol. The van der Waals surface area contributed by atoms with Crippen LogP contribution in [0, 0.1) is 50.4 Å². The molecule has 6 aromatic carbocycles. The Kier molecular flexibility index (Phi) is 27.6. The van der Waals surface area contributed by atoms with Crippen LogP contribution in [0.4, 0.5) is 4.79 Å². The van der Waals surface area contributed by atoms with E-state index in [9.17, 15) is 45.0 Å². The van der Waals surface area contributed by atoms with Gasteiger partial charge in [-0.15, -0.1) is 23.5 Å². The molecule has 14 atom stereocenters. The van der Waals surface area contributed by atoms with E-state index in [1.54, 1.807) is 59.3 Å². The molecule has 0 amide bonds. The van der Waals surface area contributed by atoms with Crippen LogP contribution in [0.25, 0.3) is 0 Å². The average Bonchev–Trinajstić information content (AvgIpc) is 1.55. The van der Waals surface area contributed by atoms with Gasteiger partial charge in [0.2, 0.25) is 13.6 Å². The summed E-state index contributed by atoms with van der Waals surface area (Å²) in [5.41, 5.74) is 7.95. The molecular weight excluding hydrogens is 1720 g/mol. The van der Waals surface area contributed by atoms with Crippen molar-refractivity contribution in [2.24, 2.45) is 0 Å². The maximum atomic E-state index is 15.2. The van der Waals surface area contributed by atoms with Gasteiger partial charge in [-0.1, -0.05) is 92.2 Å². The van der Waals surface area contributed by atoms with Crippen molar-refractivity contribution in [3.63, 3.8) is 0 Å². The Balaban J connectivity index is 0.000000199. The first-order valence-corrected chi connectivity index (χ1v) is 47.2. The van der Waals surface area contributed by atoms with E-state index in [1.165, 1.54) is 37.7 Å². The second-order valence-corrected chi connectivity index (χ2v) is 39.1. The zero-order valence-electron chi connectivity index (χ0n) is 76.0. The molecule has 0 aliphatic carbocycles. The maximum Gasteiger partial charge on any atom is 0.514 e. The van der Waals surface area contributed by atoms with Crippen LogP contribution in [0.2, 0.25) is 0 Å². The number of ether oxygens (including phenoxy) is 14. The van der Waals surface area contributed by atoms with E-state index in [2.05, 4.69) is 62.3 Å². The van der Waals surface area contributed by atoms with E-state index in [4.69, 9.17) is 66.3 Å². The van der Waals surface area contributed by atoms with Crippen molar-refractivity contribution in [2.45, 2.75) is 267 Å². The number of nitriles is 2. The lowest BCUT2D eigenvalue weighted by atomic mass is 9.71. The van der Waals surface area contributed by atoms with Crippen LogP contribution < -0.4 is 62.7 Å². The molecule has 32 heteroatoms. The number of carbonyl (C=O) groups is 5. The molecule has 20 rings (SSSR count). The molecule has 4 fully saturated rings. The lowest BCUT2D eigenvalue weighted by Gasteiger charge is -2.62. The number of unbranched alkanes of at least 4 members (excludes halogenated alkanes) is 8. The third kappa shape index (κ3) is 16.1. The summed E-state index contributed by atoms with van der Waals surface area (Å²) < 4.78 is 85.4. The Morgan fingerprint density at radius 3 is 1.35 bits per heavy atom. The van der Waals surface area contributed by atoms with Gasteiger partial charge in [0.1, 0.15) is 42.4 Å². The third-order valence-corrected chi connectivity index (χ3v) is 31.3. The first-order chi connectivity index (χ1) is 62.1. The topological polar surface area (TPSA) is 360 Å². The highest BCUT2D eigenvalue weighted by molar-refractivity contribution is 7.99. The van der Waals surface area contributed by atoms with Crippen LogP contribution in [0.15, 0.2) is 36.4 Å². The first-order valence-electron chi connectivity index (χ1n) is 45.1. The quantitative estimate of drug-likeness (QED) is 0.0165. The number of piperazine rings is 2. The van der Waals surface area contributed by atoms with Gasteiger partial charge in [-0.2, -0.15) is 10.5 Å². The average molecular weight is 1840 g/mol. The van der Waals surface area contributed by atoms with Gasteiger partial charge in [-0.05, 0) is 170 Å². The minimum atomic E-state index is -1.45. The van der Waals surface area contributed by atoms with E-state index >= 15 is 4.79 Å². The Hall–Kier alpha value is -10.3. The highest BCUT2D eigenvalue weighted by Crippen LogP contribution is 2.68. The van der Waals surface area contributed by atoms with Gasteiger partial charge in [0.25, 0.3) is 0 Å². The number of fused-ring (bicyclic) bond motifs is 18. The molecule has 131 heavy (non-hydrogen) atoms. The molecule has 30 nitrogen and oxygen atoms in total. The zero-order valence-corrected chi connectivity index (χ0v) is 77.6. The van der Waals surface area contributed by atoms with Crippen LogP contribution in [0.1, 0.15) is 250 Å². The van der Waals surface area contributed by atoms with Crippen molar-refractivity contribution in [3.05, 3.63) is 125 Å². The Labute approximate surface area is 775 Å². The first kappa shape index (κ1) is 95.3. The summed E-state index contributed by atoms with van der Waals surface area (Å²) >= 11 is 2.99. The molecule has 14 heterocycles. The van der Waals surface area contributed by atoms with Crippen molar-refractivity contribution < 1.29 is 106 Å². The van der Waals surface area contributed by atoms with Gasteiger partial charge in [0.15, 0.2) is 80.1 Å². The van der Waals surface area contributed by atoms with Crippen molar-refractivity contribution in [3.8, 4) is 92.6 Å². The summed E-state index contributed by atoms with van der Waals surface area (Å²) in [7, 11) is 10.0. The molecule has 8 bridgehead atoms. The molecule has 4 saturated heterocycles. The van der Waals surface area contributed by atoms with Crippen LogP contribution in [-0.4, -0.2) is 201 Å². The van der Waals surface area contributed by atoms with Crippen molar-refractivity contribution in [1.29, 1.82) is 10.5 Å². The number of hydrogen-bond acceptors (Lipinski definition) is 32. The summed E-state index contributed by atoms with van der Waals surface area (Å²) in [6, 6.07) is 10.6. The fourth-order valence-corrected chi connectivity index (χ4v) is 26.0. The number of nitrogens with one attached hydrogen (secondary N) is 2. The smallest absolute Gasteiger partial charge is 0.504 e. The number of phenolic OH excluding ortho intramolecular Hbond substituents is 3. The molecule has 0 radical (unpaired) electrons. The number of methoxy groups -OCH3 is 4. The predicted octanol–water partition coefficient (Wildman–Crippen LogP) is 15.5. The van der Waals surface area contributed by atoms with Crippen LogP contribution in [-0.2, 0) is 70.1 Å². The summed E-state index contributed by atoms with van der Waals surface area (Å²) in [5.74, 6) is 2.46. The van der Waals surface area contributed by atoms with Gasteiger partial charge in [-0.25, -0.2) is 14.4 Å². The monoisotopic (exact) mass is 1840 g/mol. The number of rotatable bonds is 19. The highest BCUT2D eigenvalue weighted by Gasteiger charge is 2.65. The lowest BCUT2D eigenvalue weighted by molar-refractivity contribution is -0.158. The van der Waals surface area contributed by atoms with Crippen molar-refractivity contribution in [1.82, 2.24) is 30.2 Å². The number of benzene rings is 6. The number of aryl methyl sites for hydroxylation is 2. The number of likely N-dealkylation sites (N-methyl/N-ethyl adjacent to an activating group) is 2. The number of aromatic hydroxyl groups is 3. The van der Waals surface area contributed by atoms with Gasteiger partial charge >= 0.3 is 30.0 Å². The molecule has 0 aromatic heterocycles. The van der Waals surface area contributed by atoms with Crippen molar-refractivity contribution in [2.75, 3.05) is 93.9 Å². The fraction of sp³-hybridized carbons (Fsp3) is 0.566. The summed E-state index contributed by atoms with van der Waals surface area (Å²) in [6.45, 7) is 17.4. The van der Waals surface area contributed by atoms with Crippen molar-refractivity contribution >= 4 is 53.6 Å². The lowest BCUT2D eigenvalue weighted by Crippen LogP contribution is -2.69. The molecule has 14 aliphatic heterocycles. The van der Waals surface area contributed by atoms with Crippen LogP contribution in [0.5, 0.6) is 80.5 Å². The van der Waals surface area contributed by atoms with Crippen LogP contribution >= 0.6 is 23.5 Å². The second-order valence-electron chi connectivity index (χ2n) is 36.8. The molecule has 704 valence electrons. The maximum absolute atomic E-state index is 15.2. The Bertz CT molecular complexity index is 5570. The van der Waals surface area contributed by atoms with Gasteiger partial charge in [-0.3, -0.25) is 39.8 Å². The normalized spacial score (nSPS) is 26.1. The molecule has 14 aliphatic rings. The van der Waals surface area contributed by atoms with Gasteiger partial charge < -0.3 is 81.6 Å². The Morgan fingerprint density at radius 1 is 0.519 bits per heavy atom. The number of nitrogens with zero attached hydrogens (tertiary/aromatic N) is 6. The number of phenols is 3. The van der Waals surface area contributed by atoms with Gasteiger partial charge in [0, 0.05) is 106 Å². The number of hydrogen-bond donors (Lipinski definition) is 5. The summed E-state index contributed by atoms with van der Waals surface area (Å²) in [4.78, 5) is 79.9. The fourth-order valence-electron chi connectivity index (χ4n) is 22.6. The molecular formula is C99H124N8O22S2. The molecule has 2 unspecified atom stereocenters. The van der Waals surface area contributed by atoms with Gasteiger partial charge in [0.05, 0.1) is 75.2 Å². The number of carbonyl (C=O) groups excluding carboxylic acids is 5. The largest absolute Gasteiger partial charge is 0.514 e. The molecule has 5 N–H and O–H groups in total. The van der Waals surface area contributed by atoms with E-state index < -0.39 is 93.6 Å². The second kappa shape index (κ2) is 38.0. The number of thioether (sulfide) groups is 2. The van der Waals surface area contributed by atoms with E-state index in [-0.39, 0.29) is 125 Å². The minimum Gasteiger partial charge on any atom is -0.504 e. The van der Waals surface area contributed by atoms with Crippen LogP contribution in [0.3, 0.4) is 0 Å². The minimum absolute atomic E-state index is 0. The standard InChI is InChI=1S/C51H62N4O12S.C46H54N4O10S.2CH4/c1-10-11-12-13-14-15-36(56)66-44-27(3)45-46(64-25-63-45)38-33-23-62-48(58)51(30-21-34(60-8)35(20-28(30)16-17-53-51)65-49(59)67-50(4,5)6)24-68-47(39(38)44)41-40-37-29(18-26(2)43(61-9)42(37)57)19-31(54(40)7)32(22-52)55(33)41;1-7-8-9-10-11-12-33(52)60-41-24(3)42-43(59-22-58-42)35-30-20-57-45(54)46(27-18-32(55-5)31(51)17-25(27)13-14-48-46)21-61-44(36(35)41)38-37-34-26(15-23(2)40(56-6)39(34)53)16-28(49(37)4)29(19-47)50(30)38;;/h18,20-21,31-33,40-41,47,53,57H,10-17,19,23-25H2,1-9H3;15,17-18,28-30,37-38,44,48,51,53H,7-14,16,20-22H2,1-6H3;2*1H4/t31-,32-,33-,40+,41?,47+,51+;28-,29-,30-,37+,38?,44+,46+;;/m00../s1. The highest BCUT2D eigenvalue weighted by atomic mass is 32.2. The summed E-state index contributed by atoms with van der Waals surface area (Å²) in [6.07, 6.45) is 11.2. The SMILES string of the molecule is C.C.CCCCCCCC(=O)Oc1c(C)c2c(c3c1[C@H]1SC[C@]4(NCCc5cc(O)c(OC)cc54)C(=O)OC[C@@H]3N3C1[C@H]1c4c(cc(C)c(OC)c4O)C[C@@H]([C@@H]3C#N)N1C)OCO2.CCCCCCCC(=O)Oc1c(C)c2c(c3c1[C@H]1SC[C@]4(NCCc5cc(OC(=O)OC(C)(C)C)c(OC)cc54)C(=O)OC[C@@H]3N3C1[C@H]1c4c(cc(C)c(OC)c4O)C[C@@H]([C@@H]3C#N)N1C)OCO2. The molecule has 0 saturated carbocycles. The molecule has 2 spiro atoms. The zero-order chi connectivity index (χ0) is 91.3. The van der Waals surface area contributed by atoms with E-state index in [1.807, 2.05) is 47.9 Å². The molecule has 6 aromatic rings. The number of esters is 4. The van der Waals surface area contributed by atoms with E-state index in [0.29, 0.717) is 148 Å². The van der Waals surface area contributed by atoms with E-state index in [0.717, 1.165) is 90.3 Å².